The molecule has 5 nitrogen and oxygen atoms in total. The minimum absolute atomic E-state index is 0.0388. The minimum Gasteiger partial charge on any atom is -0.356 e. The monoisotopic (exact) mass is 416 g/mol. The number of hydrogen-bond donors (Lipinski definition) is 1. The second kappa shape index (κ2) is 10.4. The summed E-state index contributed by atoms with van der Waals surface area (Å²) in [6.45, 7) is 6.88. The van der Waals surface area contributed by atoms with E-state index in [0.717, 1.165) is 24.0 Å². The lowest BCUT2D eigenvalue weighted by molar-refractivity contribution is -0.121. The van der Waals surface area contributed by atoms with Gasteiger partial charge in [-0.05, 0) is 68.9 Å². The summed E-state index contributed by atoms with van der Waals surface area (Å²) in [6, 6.07) is 14.1. The highest BCUT2D eigenvalue weighted by Gasteiger charge is 2.18. The predicted molar refractivity (Wildman–Crippen MR) is 120 cm³/mol. The molecule has 0 atom stereocenters. The summed E-state index contributed by atoms with van der Waals surface area (Å²) in [5.41, 5.74) is 5.20. The van der Waals surface area contributed by atoms with E-state index in [0.29, 0.717) is 31.6 Å². The Morgan fingerprint density at radius 2 is 1.66 bits per heavy atom. The third-order valence-electron chi connectivity index (χ3n) is 4.71. The number of hydrogen-bond acceptors (Lipinski definition) is 3. The molecule has 0 unspecified atom stereocenters. The van der Waals surface area contributed by atoms with Crippen LogP contribution in [0.5, 0.6) is 0 Å². The molecule has 2 rings (SSSR count). The number of sulfonamides is 1. The zero-order chi connectivity index (χ0) is 21.4. The van der Waals surface area contributed by atoms with E-state index in [-0.39, 0.29) is 5.91 Å². The van der Waals surface area contributed by atoms with Gasteiger partial charge in [-0.1, -0.05) is 35.9 Å². The summed E-state index contributed by atoms with van der Waals surface area (Å²) in [7, 11) is -3.40. The molecule has 0 saturated carbocycles. The highest BCUT2D eigenvalue weighted by atomic mass is 32.2. The number of nitrogens with zero attached hydrogens (tertiary/aromatic N) is 1. The molecule has 0 bridgehead atoms. The molecule has 1 N–H and O–H groups in total. The van der Waals surface area contributed by atoms with E-state index in [9.17, 15) is 13.2 Å². The Labute approximate surface area is 175 Å². The molecule has 1 amide bonds. The maximum absolute atomic E-state index is 12.2. The van der Waals surface area contributed by atoms with Crippen molar-refractivity contribution in [3.63, 3.8) is 0 Å². The zero-order valence-electron chi connectivity index (χ0n) is 17.9. The van der Waals surface area contributed by atoms with Gasteiger partial charge in [0.05, 0.1) is 11.9 Å². The summed E-state index contributed by atoms with van der Waals surface area (Å²) in [4.78, 5) is 12.1. The van der Waals surface area contributed by atoms with E-state index >= 15 is 0 Å². The molecule has 0 radical (unpaired) electrons. The molecule has 29 heavy (non-hydrogen) atoms. The molecule has 0 aliphatic carbocycles. The molecule has 6 heteroatoms. The van der Waals surface area contributed by atoms with Crippen molar-refractivity contribution in [1.29, 1.82) is 0 Å². The second-order valence-corrected chi connectivity index (χ2v) is 9.63. The largest absolute Gasteiger partial charge is 0.356 e. The molecule has 0 aromatic heterocycles. The molecule has 2 aromatic rings. The van der Waals surface area contributed by atoms with Crippen molar-refractivity contribution in [2.24, 2.45) is 0 Å². The Kier molecular flexibility index (Phi) is 8.26. The summed E-state index contributed by atoms with van der Waals surface area (Å²) >= 11 is 0. The quantitative estimate of drug-likeness (QED) is 0.597. The first-order valence-corrected chi connectivity index (χ1v) is 11.9. The van der Waals surface area contributed by atoms with Gasteiger partial charge in [0.1, 0.15) is 0 Å². The van der Waals surface area contributed by atoms with Crippen molar-refractivity contribution in [3.05, 3.63) is 64.7 Å². The summed E-state index contributed by atoms with van der Waals surface area (Å²) in [5.74, 6) is -0.0388. The van der Waals surface area contributed by atoms with Crippen LogP contribution in [0.15, 0.2) is 42.5 Å². The third kappa shape index (κ3) is 7.89. The minimum atomic E-state index is -3.40. The van der Waals surface area contributed by atoms with E-state index in [1.807, 2.05) is 38.1 Å². The Morgan fingerprint density at radius 3 is 2.28 bits per heavy atom. The van der Waals surface area contributed by atoms with Gasteiger partial charge in [-0.2, -0.15) is 0 Å². The van der Waals surface area contributed by atoms with E-state index < -0.39 is 10.0 Å². The van der Waals surface area contributed by atoms with Gasteiger partial charge >= 0.3 is 0 Å². The van der Waals surface area contributed by atoms with Crippen molar-refractivity contribution in [1.82, 2.24) is 5.32 Å². The van der Waals surface area contributed by atoms with Crippen LogP contribution in [0.1, 0.15) is 41.5 Å². The second-order valence-electron chi connectivity index (χ2n) is 7.73. The lowest BCUT2D eigenvalue weighted by Gasteiger charge is -2.23. The average Bonchev–Trinajstić information content (AvgIpc) is 2.60. The lowest BCUT2D eigenvalue weighted by Crippen LogP contribution is -2.32. The fraction of sp³-hybridized carbons (Fsp3) is 0.435. The van der Waals surface area contributed by atoms with Crippen LogP contribution in [0, 0.1) is 20.8 Å². The van der Waals surface area contributed by atoms with Crippen molar-refractivity contribution < 1.29 is 13.2 Å². The summed E-state index contributed by atoms with van der Waals surface area (Å²) < 4.78 is 25.8. The Hall–Kier alpha value is -2.34. The highest BCUT2D eigenvalue weighted by Crippen LogP contribution is 2.21. The molecule has 0 saturated heterocycles. The molecule has 158 valence electrons. The van der Waals surface area contributed by atoms with Crippen molar-refractivity contribution in [2.75, 3.05) is 23.7 Å². The van der Waals surface area contributed by atoms with Crippen LogP contribution in [-0.2, 0) is 21.2 Å². The fourth-order valence-corrected chi connectivity index (χ4v) is 4.39. The predicted octanol–water partition coefficient (Wildman–Crippen LogP) is 3.91. The number of aryl methyl sites for hydroxylation is 4. The van der Waals surface area contributed by atoms with Crippen LogP contribution in [0.4, 0.5) is 5.69 Å². The maximum atomic E-state index is 12.2. The normalized spacial score (nSPS) is 11.3. The van der Waals surface area contributed by atoms with Gasteiger partial charge in [0.2, 0.25) is 15.9 Å². The Morgan fingerprint density at radius 1 is 0.966 bits per heavy atom. The van der Waals surface area contributed by atoms with Gasteiger partial charge in [-0.25, -0.2) is 8.42 Å². The molecule has 0 aliphatic heterocycles. The van der Waals surface area contributed by atoms with E-state index in [1.54, 1.807) is 0 Å². The molecule has 0 fully saturated rings. The average molecular weight is 417 g/mol. The van der Waals surface area contributed by atoms with Gasteiger partial charge in [0.15, 0.2) is 0 Å². The first-order valence-electron chi connectivity index (χ1n) is 10.0. The van der Waals surface area contributed by atoms with Gasteiger partial charge < -0.3 is 5.32 Å². The Bertz CT molecular complexity index is 919. The zero-order valence-corrected chi connectivity index (χ0v) is 18.7. The number of amides is 1. The first kappa shape index (κ1) is 22.9. The maximum Gasteiger partial charge on any atom is 0.232 e. The number of nitrogens with one attached hydrogen (secondary N) is 1. The van der Waals surface area contributed by atoms with Gasteiger partial charge in [0.25, 0.3) is 0 Å². The highest BCUT2D eigenvalue weighted by molar-refractivity contribution is 7.92. The number of carbonyl (C=O) groups excluding carboxylic acids is 1. The van der Waals surface area contributed by atoms with Crippen molar-refractivity contribution in [3.8, 4) is 0 Å². The number of anilines is 1. The number of carbonyl (C=O) groups is 1. The summed E-state index contributed by atoms with van der Waals surface area (Å²) in [5, 5.41) is 2.93. The molecule has 0 aliphatic rings. The van der Waals surface area contributed by atoms with Crippen LogP contribution in [0.2, 0.25) is 0 Å². The van der Waals surface area contributed by atoms with Gasteiger partial charge in [-0.3, -0.25) is 9.10 Å². The smallest absolute Gasteiger partial charge is 0.232 e. The Balaban J connectivity index is 1.79. The molecule has 0 spiro atoms. The van der Waals surface area contributed by atoms with E-state index in [2.05, 4.69) is 30.4 Å². The van der Waals surface area contributed by atoms with E-state index in [4.69, 9.17) is 0 Å². The van der Waals surface area contributed by atoms with Crippen LogP contribution in [0.25, 0.3) is 0 Å². The van der Waals surface area contributed by atoms with Crippen LogP contribution in [-0.4, -0.2) is 33.7 Å². The first-order chi connectivity index (χ1) is 13.6. The number of rotatable bonds is 10. The van der Waals surface area contributed by atoms with Crippen molar-refractivity contribution >= 4 is 21.6 Å². The van der Waals surface area contributed by atoms with Gasteiger partial charge in [0, 0.05) is 19.5 Å². The fourth-order valence-electron chi connectivity index (χ4n) is 3.44. The lowest BCUT2D eigenvalue weighted by atomic mass is 10.1. The number of benzene rings is 2. The van der Waals surface area contributed by atoms with Crippen LogP contribution < -0.4 is 9.62 Å². The topological polar surface area (TPSA) is 66.5 Å². The third-order valence-corrected chi connectivity index (χ3v) is 5.90. The SMILES string of the molecule is Cc1cccc(CCCNC(=O)CCCN(c2cc(C)cc(C)c2)S(C)(=O)=O)c1. The molecule has 2 aromatic carbocycles. The van der Waals surface area contributed by atoms with Crippen LogP contribution in [0.3, 0.4) is 0 Å². The summed E-state index contributed by atoms with van der Waals surface area (Å²) in [6.07, 6.45) is 3.80. The van der Waals surface area contributed by atoms with Crippen molar-refractivity contribution in [2.45, 2.75) is 46.5 Å². The molecular formula is C23H32N2O3S. The van der Waals surface area contributed by atoms with Gasteiger partial charge in [-0.15, -0.1) is 0 Å². The van der Waals surface area contributed by atoms with E-state index in [1.165, 1.54) is 21.7 Å². The van der Waals surface area contributed by atoms with Crippen LogP contribution >= 0.6 is 0 Å². The molecule has 0 heterocycles. The molecular weight excluding hydrogens is 384 g/mol. The standard InChI is InChI=1S/C23H32N2O3S/c1-18-8-5-9-21(15-18)10-6-12-24-23(26)11-7-13-25(29(4,27)28)22-16-19(2)14-20(3)17-22/h5,8-9,14-17H,6-7,10-13H2,1-4H3,(H,24,26).